The van der Waals surface area contributed by atoms with E-state index in [9.17, 15) is 22.4 Å². The summed E-state index contributed by atoms with van der Waals surface area (Å²) < 4.78 is 43.8. The van der Waals surface area contributed by atoms with Gasteiger partial charge >= 0.3 is 0 Å². The maximum Gasteiger partial charge on any atom is 0.279 e. The summed E-state index contributed by atoms with van der Waals surface area (Å²) in [5, 5.41) is 0. The third kappa shape index (κ3) is 5.05. The molecule has 0 saturated heterocycles. The van der Waals surface area contributed by atoms with E-state index < -0.39 is 33.8 Å². The Morgan fingerprint density at radius 2 is 1.64 bits per heavy atom. The molecule has 0 bridgehead atoms. The molecular weight excluding hydrogens is 389 g/mol. The lowest BCUT2D eigenvalue weighted by Crippen LogP contribution is -2.47. The summed E-state index contributed by atoms with van der Waals surface area (Å²) in [7, 11) is -0.807. The summed E-state index contributed by atoms with van der Waals surface area (Å²) in [5.74, 6) is -2.04. The van der Waals surface area contributed by atoms with Crippen LogP contribution in [-0.2, 0) is 14.8 Å². The smallest absolute Gasteiger partial charge is 0.279 e. The molecule has 28 heavy (non-hydrogen) atoms. The Labute approximate surface area is 162 Å². The molecule has 1 atom stereocenters. The van der Waals surface area contributed by atoms with Crippen LogP contribution in [0.15, 0.2) is 53.4 Å². The minimum atomic E-state index is -3.60. The van der Waals surface area contributed by atoms with E-state index >= 15 is 0 Å². The Bertz CT molecular complexity index is 961. The van der Waals surface area contributed by atoms with Gasteiger partial charge in [0.1, 0.15) is 0 Å². The van der Waals surface area contributed by atoms with Crippen molar-refractivity contribution in [3.63, 3.8) is 0 Å². The predicted molar refractivity (Wildman–Crippen MR) is 99.4 cm³/mol. The molecule has 150 valence electrons. The average Bonchev–Trinajstić information content (AvgIpc) is 2.67. The maximum atomic E-state index is 13.5. The van der Waals surface area contributed by atoms with Gasteiger partial charge < -0.3 is 4.74 Å². The highest BCUT2D eigenvalue weighted by Crippen LogP contribution is 2.17. The molecule has 0 heterocycles. The van der Waals surface area contributed by atoms with Crippen LogP contribution in [0.25, 0.3) is 0 Å². The SMILES string of the molecule is C[C@@H](Oc1ccccc1F)C(=O)NNC(=O)c1ccc(S(=O)(=O)N(C)C)cc1. The first-order chi connectivity index (χ1) is 13.1. The summed E-state index contributed by atoms with van der Waals surface area (Å²) in [5.41, 5.74) is 4.50. The molecule has 0 aliphatic carbocycles. The maximum absolute atomic E-state index is 13.5. The van der Waals surface area contributed by atoms with Crippen molar-refractivity contribution in [2.24, 2.45) is 0 Å². The first kappa shape index (κ1) is 21.3. The fourth-order valence-corrected chi connectivity index (χ4v) is 2.97. The van der Waals surface area contributed by atoms with E-state index in [4.69, 9.17) is 4.74 Å². The normalized spacial score (nSPS) is 12.3. The van der Waals surface area contributed by atoms with E-state index in [2.05, 4.69) is 10.9 Å². The van der Waals surface area contributed by atoms with E-state index in [0.717, 1.165) is 4.31 Å². The molecule has 8 nitrogen and oxygen atoms in total. The van der Waals surface area contributed by atoms with Crippen LogP contribution < -0.4 is 15.6 Å². The summed E-state index contributed by atoms with van der Waals surface area (Å²) in [6.07, 6.45) is -1.06. The molecule has 2 aromatic rings. The number of halogens is 1. The number of sulfonamides is 1. The summed E-state index contributed by atoms with van der Waals surface area (Å²) in [6, 6.07) is 10.8. The topological polar surface area (TPSA) is 105 Å². The molecule has 0 unspecified atom stereocenters. The van der Waals surface area contributed by atoms with E-state index in [1.807, 2.05) is 0 Å². The second kappa shape index (κ2) is 8.81. The Balaban J connectivity index is 1.94. The van der Waals surface area contributed by atoms with Gasteiger partial charge in [-0.1, -0.05) is 12.1 Å². The molecule has 10 heteroatoms. The Hall–Kier alpha value is -2.98. The molecule has 0 fully saturated rings. The quantitative estimate of drug-likeness (QED) is 0.700. The van der Waals surface area contributed by atoms with Crippen LogP contribution in [0.3, 0.4) is 0 Å². The number of nitrogens with zero attached hydrogens (tertiary/aromatic N) is 1. The van der Waals surface area contributed by atoms with Gasteiger partial charge in [0.15, 0.2) is 17.7 Å². The molecule has 0 spiro atoms. The van der Waals surface area contributed by atoms with Crippen molar-refractivity contribution in [2.75, 3.05) is 14.1 Å². The molecular formula is C18H20FN3O5S. The summed E-state index contributed by atoms with van der Waals surface area (Å²) in [6.45, 7) is 1.40. The molecule has 0 aliphatic rings. The van der Waals surface area contributed by atoms with E-state index in [1.54, 1.807) is 6.07 Å². The highest BCUT2D eigenvalue weighted by atomic mass is 32.2. The number of ether oxygens (including phenoxy) is 1. The zero-order valence-electron chi connectivity index (χ0n) is 15.5. The zero-order chi connectivity index (χ0) is 20.9. The number of carbonyl (C=O) groups is 2. The van der Waals surface area contributed by atoms with Gasteiger partial charge in [0.2, 0.25) is 10.0 Å². The van der Waals surface area contributed by atoms with Gasteiger partial charge in [0.05, 0.1) is 4.90 Å². The fourth-order valence-electron chi connectivity index (χ4n) is 2.07. The summed E-state index contributed by atoms with van der Waals surface area (Å²) >= 11 is 0. The number of amides is 2. The van der Waals surface area contributed by atoms with Crippen molar-refractivity contribution in [1.29, 1.82) is 0 Å². The Morgan fingerprint density at radius 3 is 2.21 bits per heavy atom. The fraction of sp³-hybridized carbons (Fsp3) is 0.222. The lowest BCUT2D eigenvalue weighted by Gasteiger charge is -2.15. The van der Waals surface area contributed by atoms with Gasteiger partial charge in [-0.3, -0.25) is 20.4 Å². The highest BCUT2D eigenvalue weighted by Gasteiger charge is 2.19. The van der Waals surface area contributed by atoms with E-state index in [-0.39, 0.29) is 16.2 Å². The molecule has 2 N–H and O–H groups in total. The zero-order valence-corrected chi connectivity index (χ0v) is 16.3. The van der Waals surface area contributed by atoms with Crippen molar-refractivity contribution in [3.05, 3.63) is 59.9 Å². The third-order valence-corrected chi connectivity index (χ3v) is 5.53. The average molecular weight is 409 g/mol. The van der Waals surface area contributed by atoms with Gasteiger partial charge in [0, 0.05) is 19.7 Å². The van der Waals surface area contributed by atoms with Crippen LogP contribution in [0.4, 0.5) is 4.39 Å². The molecule has 0 saturated carbocycles. The van der Waals surface area contributed by atoms with Crippen LogP contribution in [0.2, 0.25) is 0 Å². The molecule has 2 aromatic carbocycles. The number of hydrazine groups is 1. The number of benzene rings is 2. The van der Waals surface area contributed by atoms with Crippen LogP contribution in [0.5, 0.6) is 5.75 Å². The van der Waals surface area contributed by atoms with Crippen LogP contribution in [0, 0.1) is 5.82 Å². The first-order valence-electron chi connectivity index (χ1n) is 8.17. The number of rotatable bonds is 6. The van der Waals surface area contributed by atoms with Gasteiger partial charge in [-0.2, -0.15) is 0 Å². The van der Waals surface area contributed by atoms with Crippen molar-refractivity contribution < 1.29 is 27.1 Å². The monoisotopic (exact) mass is 409 g/mol. The Kier molecular flexibility index (Phi) is 6.71. The lowest BCUT2D eigenvalue weighted by molar-refractivity contribution is -0.128. The number of carbonyl (C=O) groups excluding carboxylic acids is 2. The van der Waals surface area contributed by atoms with Crippen molar-refractivity contribution >= 4 is 21.8 Å². The van der Waals surface area contributed by atoms with E-state index in [0.29, 0.717) is 0 Å². The number of para-hydroxylation sites is 1. The third-order valence-electron chi connectivity index (χ3n) is 3.70. The number of hydrogen-bond donors (Lipinski definition) is 2. The molecule has 0 aliphatic heterocycles. The lowest BCUT2D eigenvalue weighted by atomic mass is 10.2. The molecule has 2 amide bonds. The second-order valence-electron chi connectivity index (χ2n) is 5.95. The van der Waals surface area contributed by atoms with Crippen LogP contribution in [-0.4, -0.2) is 44.7 Å². The predicted octanol–water partition coefficient (Wildman–Crippen LogP) is 1.30. The minimum absolute atomic E-state index is 0.0324. The standard InChI is InChI=1S/C18H20FN3O5S/c1-12(27-16-7-5-4-6-15(16)19)17(23)20-21-18(24)13-8-10-14(11-9-13)28(25,26)22(2)3/h4-12H,1-3H3,(H,20,23)(H,21,24)/t12-/m1/s1. The summed E-state index contributed by atoms with van der Waals surface area (Å²) in [4.78, 5) is 24.1. The van der Waals surface area contributed by atoms with Crippen LogP contribution in [0.1, 0.15) is 17.3 Å². The van der Waals surface area contributed by atoms with E-state index in [1.165, 1.54) is 63.5 Å². The molecule has 0 aromatic heterocycles. The van der Waals surface area contributed by atoms with Gasteiger partial charge in [-0.15, -0.1) is 0 Å². The minimum Gasteiger partial charge on any atom is -0.478 e. The van der Waals surface area contributed by atoms with Crippen LogP contribution >= 0.6 is 0 Å². The largest absolute Gasteiger partial charge is 0.478 e. The van der Waals surface area contributed by atoms with Gasteiger partial charge in [0.25, 0.3) is 11.8 Å². The van der Waals surface area contributed by atoms with Gasteiger partial charge in [-0.05, 0) is 43.3 Å². The van der Waals surface area contributed by atoms with Crippen molar-refractivity contribution in [2.45, 2.75) is 17.9 Å². The Morgan fingerprint density at radius 1 is 1.04 bits per heavy atom. The first-order valence-corrected chi connectivity index (χ1v) is 9.61. The number of hydrogen-bond acceptors (Lipinski definition) is 5. The molecule has 0 radical (unpaired) electrons. The van der Waals surface area contributed by atoms with Crippen molar-refractivity contribution in [1.82, 2.24) is 15.2 Å². The molecule has 2 rings (SSSR count). The van der Waals surface area contributed by atoms with Gasteiger partial charge in [-0.25, -0.2) is 17.1 Å². The van der Waals surface area contributed by atoms with Crippen molar-refractivity contribution in [3.8, 4) is 5.75 Å². The number of nitrogens with one attached hydrogen (secondary N) is 2. The highest BCUT2D eigenvalue weighted by molar-refractivity contribution is 7.89. The second-order valence-corrected chi connectivity index (χ2v) is 8.10.